The van der Waals surface area contributed by atoms with Crippen LogP contribution in [0.1, 0.15) is 19.8 Å². The van der Waals surface area contributed by atoms with E-state index in [2.05, 4.69) is 10.6 Å². The molecule has 3 N–H and O–H groups in total. The van der Waals surface area contributed by atoms with Crippen molar-refractivity contribution in [3.05, 3.63) is 0 Å². The highest BCUT2D eigenvalue weighted by molar-refractivity contribution is 5.74. The number of carbonyl (C=O) groups is 2. The predicted molar refractivity (Wildman–Crippen MR) is 61.4 cm³/mol. The number of amides is 2. The first-order chi connectivity index (χ1) is 7.47. The van der Waals surface area contributed by atoms with Crippen LogP contribution in [0, 0.1) is 0 Å². The van der Waals surface area contributed by atoms with E-state index in [4.69, 9.17) is 5.11 Å². The van der Waals surface area contributed by atoms with Gasteiger partial charge in [0.1, 0.15) is 0 Å². The number of nitrogens with zero attached hydrogens (tertiary/aromatic N) is 1. The molecule has 0 aliphatic carbocycles. The third kappa shape index (κ3) is 7.05. The maximum atomic E-state index is 11.5. The monoisotopic (exact) mass is 231 g/mol. The zero-order valence-electron chi connectivity index (χ0n) is 10.1. The Morgan fingerprint density at radius 1 is 1.44 bits per heavy atom. The molecule has 0 heterocycles. The van der Waals surface area contributed by atoms with Crippen molar-refractivity contribution in [2.75, 3.05) is 27.2 Å². The number of hydrogen-bond donors (Lipinski definition) is 3. The highest BCUT2D eigenvalue weighted by atomic mass is 16.4. The summed E-state index contributed by atoms with van der Waals surface area (Å²) in [6, 6.07) is -0.297. The van der Waals surface area contributed by atoms with Gasteiger partial charge in [0.05, 0.1) is 0 Å². The summed E-state index contributed by atoms with van der Waals surface area (Å²) in [5.41, 5.74) is 0. The summed E-state index contributed by atoms with van der Waals surface area (Å²) in [6.45, 7) is 3.15. The fourth-order valence-electron chi connectivity index (χ4n) is 1.11. The minimum Gasteiger partial charge on any atom is -0.481 e. The summed E-state index contributed by atoms with van der Waals surface area (Å²) in [4.78, 5) is 23.4. The van der Waals surface area contributed by atoms with Crippen LogP contribution < -0.4 is 10.6 Å². The standard InChI is InChI=1S/C10H21N3O3/c1-8(4-5-9(14)15)12-10(16)13(3)7-6-11-2/h8,11H,4-7H2,1-3H3,(H,12,16)(H,14,15). The van der Waals surface area contributed by atoms with Gasteiger partial charge in [0, 0.05) is 32.6 Å². The smallest absolute Gasteiger partial charge is 0.317 e. The molecule has 6 heteroatoms. The van der Waals surface area contributed by atoms with Crippen molar-refractivity contribution in [1.82, 2.24) is 15.5 Å². The van der Waals surface area contributed by atoms with Gasteiger partial charge in [-0.2, -0.15) is 0 Å². The summed E-state index contributed by atoms with van der Waals surface area (Å²) in [5.74, 6) is -0.843. The van der Waals surface area contributed by atoms with Gasteiger partial charge in [-0.15, -0.1) is 0 Å². The first-order valence-electron chi connectivity index (χ1n) is 5.35. The van der Waals surface area contributed by atoms with Crippen molar-refractivity contribution >= 4 is 12.0 Å². The topological polar surface area (TPSA) is 81.7 Å². The van der Waals surface area contributed by atoms with E-state index in [0.29, 0.717) is 13.0 Å². The van der Waals surface area contributed by atoms with Gasteiger partial charge in [0.15, 0.2) is 0 Å². The second kappa shape index (κ2) is 7.92. The molecule has 0 fully saturated rings. The Hall–Kier alpha value is -1.30. The highest BCUT2D eigenvalue weighted by Crippen LogP contribution is 1.97. The van der Waals surface area contributed by atoms with Crippen LogP contribution in [0.2, 0.25) is 0 Å². The van der Waals surface area contributed by atoms with E-state index in [1.54, 1.807) is 18.9 Å². The van der Waals surface area contributed by atoms with Crippen LogP contribution in [0.4, 0.5) is 4.79 Å². The molecule has 0 aromatic rings. The molecule has 1 atom stereocenters. The molecule has 0 saturated heterocycles. The summed E-state index contributed by atoms with van der Waals surface area (Å²) >= 11 is 0. The van der Waals surface area contributed by atoms with E-state index in [0.717, 1.165) is 6.54 Å². The Balaban J connectivity index is 3.80. The van der Waals surface area contributed by atoms with Crippen molar-refractivity contribution < 1.29 is 14.7 Å². The van der Waals surface area contributed by atoms with Crippen LogP contribution in [0.25, 0.3) is 0 Å². The number of carbonyl (C=O) groups excluding carboxylic acids is 1. The Morgan fingerprint density at radius 3 is 2.56 bits per heavy atom. The van der Waals surface area contributed by atoms with Gasteiger partial charge in [-0.25, -0.2) is 4.79 Å². The molecule has 0 spiro atoms. The number of urea groups is 1. The highest BCUT2D eigenvalue weighted by Gasteiger charge is 2.12. The molecule has 0 aliphatic rings. The van der Waals surface area contributed by atoms with Gasteiger partial charge in [-0.05, 0) is 20.4 Å². The van der Waals surface area contributed by atoms with Crippen molar-refractivity contribution in [3.8, 4) is 0 Å². The molecular weight excluding hydrogens is 210 g/mol. The molecule has 1 unspecified atom stereocenters. The second-order valence-electron chi connectivity index (χ2n) is 3.81. The summed E-state index contributed by atoms with van der Waals surface area (Å²) < 4.78 is 0. The van der Waals surface area contributed by atoms with Crippen LogP contribution in [-0.2, 0) is 4.79 Å². The Bertz CT molecular complexity index is 233. The molecule has 16 heavy (non-hydrogen) atoms. The number of hydrogen-bond acceptors (Lipinski definition) is 3. The zero-order chi connectivity index (χ0) is 12.6. The van der Waals surface area contributed by atoms with Crippen LogP contribution >= 0.6 is 0 Å². The van der Waals surface area contributed by atoms with E-state index in [1.807, 2.05) is 7.05 Å². The Labute approximate surface area is 96.0 Å². The Morgan fingerprint density at radius 2 is 2.06 bits per heavy atom. The van der Waals surface area contributed by atoms with Crippen molar-refractivity contribution in [1.29, 1.82) is 0 Å². The maximum Gasteiger partial charge on any atom is 0.317 e. The van der Waals surface area contributed by atoms with Gasteiger partial charge in [0.2, 0.25) is 0 Å². The molecule has 6 nitrogen and oxygen atoms in total. The lowest BCUT2D eigenvalue weighted by Crippen LogP contribution is -2.44. The van der Waals surface area contributed by atoms with E-state index >= 15 is 0 Å². The summed E-state index contributed by atoms with van der Waals surface area (Å²) in [7, 11) is 3.53. The molecule has 94 valence electrons. The average molecular weight is 231 g/mol. The molecule has 0 saturated carbocycles. The molecular formula is C10H21N3O3. The SMILES string of the molecule is CNCCN(C)C(=O)NC(C)CCC(=O)O. The minimum absolute atomic E-state index is 0.0711. The Kier molecular flexibility index (Phi) is 7.28. The van der Waals surface area contributed by atoms with Crippen LogP contribution in [-0.4, -0.2) is 55.2 Å². The van der Waals surface area contributed by atoms with Crippen molar-refractivity contribution in [2.45, 2.75) is 25.8 Å². The summed E-state index contributed by atoms with van der Waals surface area (Å²) in [6.07, 6.45) is 0.516. The van der Waals surface area contributed by atoms with E-state index in [9.17, 15) is 9.59 Å². The molecule has 0 bridgehead atoms. The maximum absolute atomic E-state index is 11.5. The second-order valence-corrected chi connectivity index (χ2v) is 3.81. The van der Waals surface area contributed by atoms with Crippen LogP contribution in [0.3, 0.4) is 0 Å². The van der Waals surface area contributed by atoms with Crippen molar-refractivity contribution in [2.24, 2.45) is 0 Å². The number of rotatable bonds is 7. The number of likely N-dealkylation sites (N-methyl/N-ethyl adjacent to an activating group) is 2. The molecule has 2 amide bonds. The van der Waals surface area contributed by atoms with Crippen LogP contribution in [0.15, 0.2) is 0 Å². The van der Waals surface area contributed by atoms with Crippen molar-refractivity contribution in [3.63, 3.8) is 0 Å². The van der Waals surface area contributed by atoms with Crippen LogP contribution in [0.5, 0.6) is 0 Å². The fourth-order valence-corrected chi connectivity index (χ4v) is 1.11. The van der Waals surface area contributed by atoms with Gasteiger partial charge in [0.25, 0.3) is 0 Å². The third-order valence-corrected chi connectivity index (χ3v) is 2.21. The quantitative estimate of drug-likeness (QED) is 0.580. The lowest BCUT2D eigenvalue weighted by atomic mass is 10.2. The lowest BCUT2D eigenvalue weighted by molar-refractivity contribution is -0.137. The first kappa shape index (κ1) is 14.7. The normalized spacial score (nSPS) is 11.9. The predicted octanol–water partition coefficient (Wildman–Crippen LogP) is 0.101. The average Bonchev–Trinajstić information content (AvgIpc) is 2.22. The van der Waals surface area contributed by atoms with Gasteiger partial charge in [-0.1, -0.05) is 0 Å². The number of aliphatic carboxylic acids is 1. The summed E-state index contributed by atoms with van der Waals surface area (Å²) in [5, 5.41) is 14.2. The number of carboxylic acid groups (broad SMARTS) is 1. The van der Waals surface area contributed by atoms with E-state index in [-0.39, 0.29) is 18.5 Å². The number of carboxylic acids is 1. The largest absolute Gasteiger partial charge is 0.481 e. The molecule has 0 aromatic heterocycles. The zero-order valence-corrected chi connectivity index (χ0v) is 10.1. The molecule has 0 rings (SSSR count). The van der Waals surface area contributed by atoms with Gasteiger partial charge < -0.3 is 20.6 Å². The molecule has 0 aliphatic heterocycles. The molecule has 0 radical (unpaired) electrons. The lowest BCUT2D eigenvalue weighted by Gasteiger charge is -2.20. The fraction of sp³-hybridized carbons (Fsp3) is 0.800. The minimum atomic E-state index is -0.843. The third-order valence-electron chi connectivity index (χ3n) is 2.21. The molecule has 0 aromatic carbocycles. The number of nitrogens with one attached hydrogen (secondary N) is 2. The van der Waals surface area contributed by atoms with Gasteiger partial charge >= 0.3 is 12.0 Å². The van der Waals surface area contributed by atoms with Gasteiger partial charge in [-0.3, -0.25) is 4.79 Å². The van der Waals surface area contributed by atoms with E-state index in [1.165, 1.54) is 0 Å². The first-order valence-corrected chi connectivity index (χ1v) is 5.35. The van der Waals surface area contributed by atoms with E-state index < -0.39 is 5.97 Å².